The van der Waals surface area contributed by atoms with E-state index in [2.05, 4.69) is 6.92 Å². The van der Waals surface area contributed by atoms with E-state index < -0.39 is 40.7 Å². The highest BCUT2D eigenvalue weighted by Gasteiger charge is 2.26. The van der Waals surface area contributed by atoms with Crippen molar-refractivity contribution in [2.75, 3.05) is 5.32 Å². The van der Waals surface area contributed by atoms with Crippen molar-refractivity contribution in [3.8, 4) is 0 Å². The molecule has 1 N–H and O–H groups in total. The summed E-state index contributed by atoms with van der Waals surface area (Å²) in [5.41, 5.74) is -1.30. The van der Waals surface area contributed by atoms with Gasteiger partial charge in [0.2, 0.25) is 11.7 Å². The minimum absolute atomic E-state index is 0.0345. The molecule has 0 aliphatic carbocycles. The van der Waals surface area contributed by atoms with Crippen LogP contribution in [0.5, 0.6) is 0 Å². The number of unbranched alkanes of at least 4 members (excludes halogenated alkanes) is 6. The van der Waals surface area contributed by atoms with Crippen LogP contribution in [0.2, 0.25) is 0 Å². The summed E-state index contributed by atoms with van der Waals surface area (Å²) < 4.78 is 65.6. The lowest BCUT2D eigenvalue weighted by atomic mass is 10.1. The molecule has 0 spiro atoms. The first-order valence-corrected chi connectivity index (χ1v) is 7.71. The number of nitrogens with one attached hydrogen (secondary N) is 1. The average molecular weight is 337 g/mol. The Morgan fingerprint density at radius 3 is 1.70 bits per heavy atom. The second-order valence-electron chi connectivity index (χ2n) is 5.36. The van der Waals surface area contributed by atoms with Crippen molar-refractivity contribution < 1.29 is 26.7 Å². The molecule has 0 aromatic heterocycles. The monoisotopic (exact) mass is 337 g/mol. The first-order chi connectivity index (χ1) is 10.9. The van der Waals surface area contributed by atoms with Gasteiger partial charge in [-0.05, 0) is 6.42 Å². The largest absolute Gasteiger partial charge is 0.321 e. The fourth-order valence-electron chi connectivity index (χ4n) is 2.16. The minimum atomic E-state index is -2.25. The lowest BCUT2D eigenvalue weighted by molar-refractivity contribution is -0.116. The van der Waals surface area contributed by atoms with E-state index >= 15 is 0 Å². The first-order valence-electron chi connectivity index (χ1n) is 7.71. The topological polar surface area (TPSA) is 29.1 Å². The van der Waals surface area contributed by atoms with Crippen LogP contribution in [0.4, 0.5) is 27.6 Å². The maximum atomic E-state index is 13.4. The van der Waals surface area contributed by atoms with E-state index in [1.165, 1.54) is 0 Å². The molecule has 1 amide bonds. The molecule has 0 saturated carbocycles. The maximum absolute atomic E-state index is 13.4. The Morgan fingerprint density at radius 1 is 0.739 bits per heavy atom. The molecular weight excluding hydrogens is 317 g/mol. The predicted molar refractivity (Wildman–Crippen MR) is 77.5 cm³/mol. The molecule has 2 nitrogen and oxygen atoms in total. The number of hydrogen-bond donors (Lipinski definition) is 1. The lowest BCUT2D eigenvalue weighted by Crippen LogP contribution is -2.16. The molecule has 1 rings (SSSR count). The molecule has 130 valence electrons. The summed E-state index contributed by atoms with van der Waals surface area (Å²) in [6, 6.07) is 0. The van der Waals surface area contributed by atoms with Crippen LogP contribution in [0.15, 0.2) is 0 Å². The summed E-state index contributed by atoms with van der Waals surface area (Å²) in [5, 5.41) is 1.76. The molecule has 0 unspecified atom stereocenters. The second-order valence-corrected chi connectivity index (χ2v) is 5.36. The third-order valence-corrected chi connectivity index (χ3v) is 3.48. The number of rotatable bonds is 9. The van der Waals surface area contributed by atoms with Crippen LogP contribution < -0.4 is 5.32 Å². The zero-order valence-corrected chi connectivity index (χ0v) is 13.0. The fourth-order valence-corrected chi connectivity index (χ4v) is 2.16. The van der Waals surface area contributed by atoms with Gasteiger partial charge in [0.25, 0.3) is 0 Å². The van der Waals surface area contributed by atoms with Gasteiger partial charge < -0.3 is 5.32 Å². The Morgan fingerprint density at radius 2 is 1.17 bits per heavy atom. The Balaban J connectivity index is 2.49. The quantitative estimate of drug-likeness (QED) is 0.276. The van der Waals surface area contributed by atoms with Crippen molar-refractivity contribution in [2.24, 2.45) is 0 Å². The van der Waals surface area contributed by atoms with Crippen LogP contribution in [0, 0.1) is 29.1 Å². The van der Waals surface area contributed by atoms with E-state index in [0.29, 0.717) is 6.42 Å². The predicted octanol–water partition coefficient (Wildman–Crippen LogP) is 5.46. The van der Waals surface area contributed by atoms with Gasteiger partial charge in [0, 0.05) is 6.42 Å². The van der Waals surface area contributed by atoms with Crippen molar-refractivity contribution in [2.45, 2.75) is 58.3 Å². The SMILES string of the molecule is CCCCCCCCCC(=O)Nc1c(F)c(F)c(F)c(F)c1F. The van der Waals surface area contributed by atoms with E-state index in [4.69, 9.17) is 0 Å². The molecule has 0 aliphatic heterocycles. The molecule has 7 heteroatoms. The number of amides is 1. The van der Waals surface area contributed by atoms with Crippen molar-refractivity contribution in [3.05, 3.63) is 29.1 Å². The minimum Gasteiger partial charge on any atom is -0.321 e. The van der Waals surface area contributed by atoms with Gasteiger partial charge in [-0.3, -0.25) is 4.79 Å². The molecule has 0 radical (unpaired) electrons. The Bertz CT molecular complexity index is 519. The molecule has 0 fully saturated rings. The molecule has 0 atom stereocenters. The van der Waals surface area contributed by atoms with Gasteiger partial charge in [-0.15, -0.1) is 0 Å². The smallest absolute Gasteiger partial charge is 0.224 e. The number of carbonyl (C=O) groups is 1. The standard InChI is InChI=1S/C16H20F5NO/c1-2-3-4-5-6-7-8-9-10(23)22-16-14(20)12(18)11(17)13(19)15(16)21/h2-9H2,1H3,(H,22,23). The molecule has 0 heterocycles. The summed E-state index contributed by atoms with van der Waals surface area (Å²) in [5.74, 6) is -11.2. The molecule has 0 saturated heterocycles. The van der Waals surface area contributed by atoms with E-state index in [9.17, 15) is 26.7 Å². The Kier molecular flexibility index (Phi) is 7.98. The Labute approximate surface area is 132 Å². The van der Waals surface area contributed by atoms with Gasteiger partial charge in [0.05, 0.1) is 0 Å². The van der Waals surface area contributed by atoms with Crippen LogP contribution in [0.1, 0.15) is 58.3 Å². The maximum Gasteiger partial charge on any atom is 0.224 e. The number of hydrogen-bond acceptors (Lipinski definition) is 1. The Hall–Kier alpha value is -1.66. The highest BCUT2D eigenvalue weighted by molar-refractivity contribution is 5.90. The average Bonchev–Trinajstić information content (AvgIpc) is 2.54. The normalized spacial score (nSPS) is 10.9. The summed E-state index contributed by atoms with van der Waals surface area (Å²) in [4.78, 5) is 11.6. The van der Waals surface area contributed by atoms with Crippen molar-refractivity contribution in [1.29, 1.82) is 0 Å². The lowest BCUT2D eigenvalue weighted by Gasteiger charge is -2.09. The third-order valence-electron chi connectivity index (χ3n) is 3.48. The number of benzene rings is 1. The molecule has 1 aromatic carbocycles. The number of anilines is 1. The summed E-state index contributed by atoms with van der Waals surface area (Å²) >= 11 is 0. The molecule has 0 aliphatic rings. The fraction of sp³-hybridized carbons (Fsp3) is 0.562. The van der Waals surface area contributed by atoms with Gasteiger partial charge in [-0.2, -0.15) is 0 Å². The van der Waals surface area contributed by atoms with Gasteiger partial charge in [0.1, 0.15) is 5.69 Å². The second kappa shape index (κ2) is 9.47. The van der Waals surface area contributed by atoms with E-state index in [0.717, 1.165) is 38.5 Å². The van der Waals surface area contributed by atoms with Gasteiger partial charge >= 0.3 is 0 Å². The van der Waals surface area contributed by atoms with Gasteiger partial charge in [-0.1, -0.05) is 45.4 Å². The van der Waals surface area contributed by atoms with E-state index in [1.807, 2.05) is 0 Å². The van der Waals surface area contributed by atoms with Crippen LogP contribution in [-0.4, -0.2) is 5.91 Å². The molecule has 1 aromatic rings. The van der Waals surface area contributed by atoms with Crippen LogP contribution in [0.25, 0.3) is 0 Å². The van der Waals surface area contributed by atoms with Crippen molar-refractivity contribution in [1.82, 2.24) is 0 Å². The van der Waals surface area contributed by atoms with Crippen molar-refractivity contribution in [3.63, 3.8) is 0 Å². The molecule has 23 heavy (non-hydrogen) atoms. The van der Waals surface area contributed by atoms with Crippen LogP contribution in [0.3, 0.4) is 0 Å². The number of carbonyl (C=O) groups excluding carboxylic acids is 1. The van der Waals surface area contributed by atoms with Crippen molar-refractivity contribution >= 4 is 11.6 Å². The van der Waals surface area contributed by atoms with Crippen LogP contribution in [-0.2, 0) is 4.79 Å². The number of halogens is 5. The van der Waals surface area contributed by atoms with Crippen LogP contribution >= 0.6 is 0 Å². The molecular formula is C16H20F5NO. The zero-order chi connectivity index (χ0) is 17.4. The van der Waals surface area contributed by atoms with E-state index in [1.54, 1.807) is 5.32 Å². The van der Waals surface area contributed by atoms with Gasteiger partial charge in [-0.25, -0.2) is 22.0 Å². The third kappa shape index (κ3) is 5.48. The summed E-state index contributed by atoms with van der Waals surface area (Å²) in [7, 11) is 0. The highest BCUT2D eigenvalue weighted by atomic mass is 19.2. The highest BCUT2D eigenvalue weighted by Crippen LogP contribution is 2.27. The first kappa shape index (κ1) is 19.4. The summed E-state index contributed by atoms with van der Waals surface area (Å²) in [6.45, 7) is 2.10. The molecule has 0 bridgehead atoms. The van der Waals surface area contributed by atoms with E-state index in [-0.39, 0.29) is 6.42 Å². The zero-order valence-electron chi connectivity index (χ0n) is 13.0. The summed E-state index contributed by atoms with van der Waals surface area (Å²) in [6.07, 6.45) is 6.62. The van der Waals surface area contributed by atoms with Gasteiger partial charge in [0.15, 0.2) is 23.3 Å².